The molecule has 0 radical (unpaired) electrons. The fourth-order valence-corrected chi connectivity index (χ4v) is 10.4. The van der Waals surface area contributed by atoms with Gasteiger partial charge in [0.15, 0.2) is 0 Å². The topological polar surface area (TPSA) is 128 Å². The van der Waals surface area contributed by atoms with Gasteiger partial charge in [0.1, 0.15) is 5.00 Å². The van der Waals surface area contributed by atoms with Crippen molar-refractivity contribution in [2.45, 2.75) is 117 Å². The van der Waals surface area contributed by atoms with Crippen molar-refractivity contribution in [3.63, 3.8) is 0 Å². The number of benzene rings is 3. The summed E-state index contributed by atoms with van der Waals surface area (Å²) in [7, 11) is 1.37. The number of carbonyl (C=O) groups is 4. The van der Waals surface area contributed by atoms with Gasteiger partial charge in [0.05, 0.1) is 23.8 Å². The molecular weight excluding hydrogens is 761 g/mol. The number of nitrogens with one attached hydrogen (secondary N) is 2. The monoisotopic (exact) mass is 820 g/mol. The molecule has 11 heteroatoms. The van der Waals surface area contributed by atoms with E-state index in [1.807, 2.05) is 60.7 Å². The van der Waals surface area contributed by atoms with Crippen molar-refractivity contribution in [3.8, 4) is 0 Å². The average Bonchev–Trinajstić information content (AvgIpc) is 3.83. The summed E-state index contributed by atoms with van der Waals surface area (Å²) in [5, 5.41) is 17.1. The summed E-state index contributed by atoms with van der Waals surface area (Å²) in [5.41, 5.74) is 5.70. The van der Waals surface area contributed by atoms with E-state index in [0.717, 1.165) is 91.3 Å². The van der Waals surface area contributed by atoms with Crippen molar-refractivity contribution in [1.29, 1.82) is 0 Å². The number of anilines is 2. The van der Waals surface area contributed by atoms with Crippen LogP contribution in [0.3, 0.4) is 0 Å². The Labute approximate surface area is 353 Å². The highest BCUT2D eigenvalue weighted by atomic mass is 32.1. The Morgan fingerprint density at radius 2 is 1.51 bits per heavy atom. The summed E-state index contributed by atoms with van der Waals surface area (Å²) in [6.07, 6.45) is 7.97. The number of esters is 1. The lowest BCUT2D eigenvalue weighted by molar-refractivity contribution is -0.0110. The number of fused-ring (bicyclic) bond motifs is 1. The zero-order chi connectivity index (χ0) is 42.3. The van der Waals surface area contributed by atoms with Crippen LogP contribution >= 0.6 is 11.3 Å². The van der Waals surface area contributed by atoms with E-state index < -0.39 is 11.6 Å². The smallest absolute Gasteiger partial charge is 0.407 e. The van der Waals surface area contributed by atoms with Crippen LogP contribution in [0.1, 0.15) is 131 Å². The summed E-state index contributed by atoms with van der Waals surface area (Å²) < 4.78 is 4.79. The molecule has 3 amide bonds. The Morgan fingerprint density at radius 3 is 2.14 bits per heavy atom. The third-order valence-electron chi connectivity index (χ3n) is 12.5. The zero-order valence-electron chi connectivity index (χ0n) is 35.5. The highest BCUT2D eigenvalue weighted by Crippen LogP contribution is 2.45. The summed E-state index contributed by atoms with van der Waals surface area (Å²) in [4.78, 5) is 57.6. The molecule has 0 saturated carbocycles. The lowest BCUT2D eigenvalue weighted by atomic mass is 9.71. The molecule has 1 saturated heterocycles. The Kier molecular flexibility index (Phi) is 14.0. The average molecular weight is 821 g/mol. The highest BCUT2D eigenvalue weighted by molar-refractivity contribution is 7.17. The Morgan fingerprint density at radius 1 is 0.847 bits per heavy atom. The predicted molar refractivity (Wildman–Crippen MR) is 236 cm³/mol. The number of carbonyl (C=O) groups excluding carboxylic acids is 3. The van der Waals surface area contributed by atoms with Crippen LogP contribution in [0.4, 0.5) is 15.5 Å². The third kappa shape index (κ3) is 9.90. The molecule has 0 bridgehead atoms. The van der Waals surface area contributed by atoms with Crippen LogP contribution in [0.25, 0.3) is 0 Å². The van der Waals surface area contributed by atoms with Crippen LogP contribution in [0.2, 0.25) is 0 Å². The van der Waals surface area contributed by atoms with E-state index in [1.165, 1.54) is 18.4 Å². The van der Waals surface area contributed by atoms with Crippen LogP contribution < -0.4 is 10.6 Å². The van der Waals surface area contributed by atoms with Crippen LogP contribution in [0, 0.1) is 5.41 Å². The molecule has 10 nitrogen and oxygen atoms in total. The summed E-state index contributed by atoms with van der Waals surface area (Å²) in [6, 6.07) is 23.2. The number of methoxy groups -OCH3 is 1. The number of aryl methyl sites for hydroxylation is 3. The number of carboxylic acid groups (broad SMARTS) is 1. The maximum atomic E-state index is 14.0. The molecule has 3 N–H and O–H groups in total. The van der Waals surface area contributed by atoms with E-state index >= 15 is 0 Å². The van der Waals surface area contributed by atoms with Gasteiger partial charge in [-0.05, 0) is 128 Å². The summed E-state index contributed by atoms with van der Waals surface area (Å²) >= 11 is 1.50. The van der Waals surface area contributed by atoms with Gasteiger partial charge in [0.2, 0.25) is 0 Å². The van der Waals surface area contributed by atoms with Crippen LogP contribution in [-0.4, -0.2) is 70.6 Å². The van der Waals surface area contributed by atoms with E-state index in [9.17, 15) is 24.3 Å². The molecule has 1 aromatic heterocycles. The van der Waals surface area contributed by atoms with Crippen LogP contribution in [-0.2, 0) is 37.0 Å². The predicted octanol–water partition coefficient (Wildman–Crippen LogP) is 10.3. The third-order valence-corrected chi connectivity index (χ3v) is 13.7. The minimum absolute atomic E-state index is 0.234. The van der Waals surface area contributed by atoms with Crippen molar-refractivity contribution in [2.75, 3.05) is 30.8 Å². The number of likely N-dealkylation sites (tertiary alicyclic amines) is 1. The molecule has 1 aliphatic carbocycles. The van der Waals surface area contributed by atoms with E-state index in [4.69, 9.17) is 4.74 Å². The van der Waals surface area contributed by atoms with Gasteiger partial charge >= 0.3 is 12.1 Å². The molecule has 1 aliphatic heterocycles. The summed E-state index contributed by atoms with van der Waals surface area (Å²) in [6.45, 7) is 12.5. The number of amides is 3. The molecule has 59 heavy (non-hydrogen) atoms. The largest absolute Gasteiger partial charge is 0.465 e. The molecule has 3 aromatic carbocycles. The van der Waals surface area contributed by atoms with E-state index in [0.29, 0.717) is 47.0 Å². The van der Waals surface area contributed by atoms with Gasteiger partial charge in [-0.1, -0.05) is 71.0 Å². The van der Waals surface area contributed by atoms with E-state index in [1.54, 1.807) is 17.0 Å². The number of hydrogen-bond donors (Lipinski definition) is 3. The van der Waals surface area contributed by atoms with E-state index in [2.05, 4.69) is 50.2 Å². The van der Waals surface area contributed by atoms with Gasteiger partial charge in [0, 0.05) is 41.8 Å². The quantitative estimate of drug-likeness (QED) is 0.102. The zero-order valence-corrected chi connectivity index (χ0v) is 36.3. The standard InChI is InChI=1S/C48H60N4O6S/c1-7-38(8-2)51(31-48(47(3,4)5)27-12-28-52(48)46(56)57)30-34-13-11-14-36(29-34)42(53)50-44-41(39-15-9-10-16-40(39)59-44)43(54)49-37-25-21-33(22-26-37)18-17-32-19-23-35(24-20-32)45(55)58-6/h11,13-14,19-26,29,38H,7-10,12,15-18,27-28,30-31H2,1-6H3,(H,49,54)(H,50,53)(H,56,57)/t48-/m1/s1. The van der Waals surface area contributed by atoms with Crippen LogP contribution in [0.15, 0.2) is 72.8 Å². The van der Waals surface area contributed by atoms with Gasteiger partial charge in [-0.3, -0.25) is 14.5 Å². The summed E-state index contributed by atoms with van der Waals surface area (Å²) in [5.74, 6) is -0.852. The van der Waals surface area contributed by atoms with Gasteiger partial charge in [-0.25, -0.2) is 9.59 Å². The second-order valence-electron chi connectivity index (χ2n) is 17.1. The maximum Gasteiger partial charge on any atom is 0.407 e. The number of hydrogen-bond acceptors (Lipinski definition) is 7. The van der Waals surface area contributed by atoms with Crippen LogP contribution in [0.5, 0.6) is 0 Å². The minimum Gasteiger partial charge on any atom is -0.465 e. The second-order valence-corrected chi connectivity index (χ2v) is 18.2. The van der Waals surface area contributed by atoms with Crippen molar-refractivity contribution in [3.05, 3.63) is 117 Å². The first-order valence-electron chi connectivity index (χ1n) is 21.1. The fourth-order valence-electron chi connectivity index (χ4n) is 9.07. The molecule has 314 valence electrons. The molecule has 0 spiro atoms. The fraction of sp³-hybridized carbons (Fsp3) is 0.458. The van der Waals surface area contributed by atoms with Gasteiger partial charge in [0.25, 0.3) is 11.8 Å². The molecular formula is C48H60N4O6S. The van der Waals surface area contributed by atoms with Gasteiger partial charge in [-0.2, -0.15) is 0 Å². The Balaban J connectivity index is 1.16. The Hall–Kier alpha value is -5.00. The van der Waals surface area contributed by atoms with Crippen molar-refractivity contribution >= 4 is 45.9 Å². The Bertz CT molecular complexity index is 2120. The maximum absolute atomic E-state index is 14.0. The number of ether oxygens (including phenoxy) is 1. The normalized spacial score (nSPS) is 16.6. The molecule has 1 fully saturated rings. The molecule has 2 aliphatic rings. The first-order valence-corrected chi connectivity index (χ1v) is 22.0. The number of thiophene rings is 1. The first-order chi connectivity index (χ1) is 28.3. The van der Waals surface area contributed by atoms with Gasteiger partial charge in [-0.15, -0.1) is 11.3 Å². The van der Waals surface area contributed by atoms with Gasteiger partial charge < -0.3 is 25.4 Å². The lowest BCUT2D eigenvalue weighted by Gasteiger charge is -2.50. The van der Waals surface area contributed by atoms with Crippen molar-refractivity contribution < 1.29 is 29.0 Å². The highest BCUT2D eigenvalue weighted by Gasteiger charge is 2.53. The molecule has 2 heterocycles. The van der Waals surface area contributed by atoms with Crippen molar-refractivity contribution in [2.24, 2.45) is 5.41 Å². The van der Waals surface area contributed by atoms with E-state index in [-0.39, 0.29) is 29.2 Å². The lowest BCUT2D eigenvalue weighted by Crippen LogP contribution is -2.62. The minimum atomic E-state index is -0.865. The molecule has 0 unspecified atom stereocenters. The second kappa shape index (κ2) is 18.9. The molecule has 6 rings (SSSR count). The number of rotatable bonds is 15. The molecule has 1 atom stereocenters. The number of nitrogens with zero attached hydrogens (tertiary/aromatic N) is 2. The van der Waals surface area contributed by atoms with Crippen molar-refractivity contribution in [1.82, 2.24) is 9.80 Å². The first kappa shape index (κ1) is 43.6. The SMILES string of the molecule is CCC(CC)N(Cc1cccc(C(=O)Nc2sc3c(c2C(=O)Nc2ccc(CCc4ccc(C(=O)OC)cc4)cc2)CCCC3)c1)C[C@@]1(C(C)(C)C)CCCN1C(=O)O. The molecule has 4 aromatic rings.